The summed E-state index contributed by atoms with van der Waals surface area (Å²) in [5.74, 6) is 0.448. The maximum absolute atomic E-state index is 12.3. The second-order valence-corrected chi connectivity index (χ2v) is 6.59. The smallest absolute Gasteiger partial charge is 0.246 e. The molecule has 0 atom stereocenters. The summed E-state index contributed by atoms with van der Waals surface area (Å²) in [5, 5.41) is 3.26. The first kappa shape index (κ1) is 21.6. The van der Waals surface area contributed by atoms with Crippen molar-refractivity contribution in [2.75, 3.05) is 33.1 Å². The van der Waals surface area contributed by atoms with E-state index in [4.69, 9.17) is 32.7 Å². The van der Waals surface area contributed by atoms with Gasteiger partial charge in [-0.3, -0.25) is 9.59 Å². The molecule has 0 bridgehead atoms. The number of likely N-dealkylation sites (N-methyl/N-ethyl adjacent to an activating group) is 1. The molecule has 0 unspecified atom stereocenters. The van der Waals surface area contributed by atoms with Crippen LogP contribution in [-0.2, 0) is 9.59 Å². The van der Waals surface area contributed by atoms with E-state index in [1.54, 1.807) is 49.6 Å². The monoisotopic (exact) mass is 422 g/mol. The number of carbonyl (C=O) groups is 2. The summed E-state index contributed by atoms with van der Waals surface area (Å²) in [7, 11) is 4.61. The van der Waals surface area contributed by atoms with E-state index in [-0.39, 0.29) is 12.5 Å². The Bertz CT molecular complexity index is 880. The maximum Gasteiger partial charge on any atom is 0.246 e. The first-order valence-electron chi connectivity index (χ1n) is 8.24. The van der Waals surface area contributed by atoms with Crippen molar-refractivity contribution in [1.82, 2.24) is 4.90 Å². The summed E-state index contributed by atoms with van der Waals surface area (Å²) < 4.78 is 10.4. The molecule has 8 heteroatoms. The Kier molecular flexibility index (Phi) is 7.72. The Morgan fingerprint density at radius 3 is 2.39 bits per heavy atom. The van der Waals surface area contributed by atoms with Gasteiger partial charge in [-0.1, -0.05) is 29.3 Å². The van der Waals surface area contributed by atoms with Crippen LogP contribution in [0, 0.1) is 0 Å². The van der Waals surface area contributed by atoms with E-state index < -0.39 is 5.91 Å². The molecule has 0 aromatic heterocycles. The fourth-order valence-electron chi connectivity index (χ4n) is 2.33. The summed E-state index contributed by atoms with van der Waals surface area (Å²) in [6.45, 7) is -0.162. The van der Waals surface area contributed by atoms with Crippen molar-refractivity contribution in [2.24, 2.45) is 0 Å². The van der Waals surface area contributed by atoms with E-state index in [1.807, 2.05) is 0 Å². The van der Waals surface area contributed by atoms with Gasteiger partial charge >= 0.3 is 0 Å². The highest BCUT2D eigenvalue weighted by Gasteiger charge is 2.14. The number of para-hydroxylation sites is 1. The van der Waals surface area contributed by atoms with Crippen molar-refractivity contribution >= 4 is 46.8 Å². The predicted molar refractivity (Wildman–Crippen MR) is 111 cm³/mol. The second-order valence-electron chi connectivity index (χ2n) is 5.78. The van der Waals surface area contributed by atoms with Crippen molar-refractivity contribution in [3.63, 3.8) is 0 Å². The highest BCUT2D eigenvalue weighted by molar-refractivity contribution is 6.39. The summed E-state index contributed by atoms with van der Waals surface area (Å²) in [6, 6.07) is 10.2. The number of hydrogen-bond donors (Lipinski definition) is 1. The quantitative estimate of drug-likeness (QED) is 0.681. The third-order valence-corrected chi connectivity index (χ3v) is 4.46. The van der Waals surface area contributed by atoms with Gasteiger partial charge in [-0.2, -0.15) is 0 Å². The maximum atomic E-state index is 12.3. The van der Waals surface area contributed by atoms with Crippen molar-refractivity contribution in [2.45, 2.75) is 0 Å². The lowest BCUT2D eigenvalue weighted by atomic mass is 10.1. The van der Waals surface area contributed by atoms with Crippen molar-refractivity contribution in [3.05, 3.63) is 58.1 Å². The fraction of sp³-hybridized carbons (Fsp3) is 0.200. The number of halogens is 2. The summed E-state index contributed by atoms with van der Waals surface area (Å²) in [4.78, 5) is 25.8. The largest absolute Gasteiger partial charge is 0.497 e. The number of rotatable bonds is 7. The molecular weight excluding hydrogens is 403 g/mol. The van der Waals surface area contributed by atoms with Crippen LogP contribution in [0.4, 0.5) is 5.69 Å². The van der Waals surface area contributed by atoms with Gasteiger partial charge < -0.3 is 19.7 Å². The summed E-state index contributed by atoms with van der Waals surface area (Å²) >= 11 is 12.1. The molecule has 0 saturated carbocycles. The Labute approximate surface area is 173 Å². The highest BCUT2D eigenvalue weighted by atomic mass is 35.5. The van der Waals surface area contributed by atoms with Crippen LogP contribution in [0.5, 0.6) is 11.5 Å². The Morgan fingerprint density at radius 1 is 1.11 bits per heavy atom. The van der Waals surface area contributed by atoms with E-state index in [1.165, 1.54) is 25.1 Å². The number of benzene rings is 2. The molecule has 0 fully saturated rings. The molecule has 148 valence electrons. The number of nitrogens with zero attached hydrogens (tertiary/aromatic N) is 1. The number of anilines is 1. The number of carbonyl (C=O) groups excluding carboxylic acids is 2. The predicted octanol–water partition coefficient (Wildman–Crippen LogP) is 4.12. The second kappa shape index (κ2) is 10.0. The minimum atomic E-state index is -0.415. The molecule has 1 N–H and O–H groups in total. The fourth-order valence-corrected chi connectivity index (χ4v) is 2.83. The van der Waals surface area contributed by atoms with Crippen LogP contribution >= 0.6 is 23.2 Å². The van der Waals surface area contributed by atoms with Gasteiger partial charge in [0.15, 0.2) is 0 Å². The summed E-state index contributed by atoms with van der Waals surface area (Å²) in [5.41, 5.74) is 1.02. The van der Waals surface area contributed by atoms with Crippen LogP contribution in [0.1, 0.15) is 5.56 Å². The first-order chi connectivity index (χ1) is 13.3. The van der Waals surface area contributed by atoms with Crippen LogP contribution in [0.15, 0.2) is 42.5 Å². The average Bonchev–Trinajstić information content (AvgIpc) is 2.68. The van der Waals surface area contributed by atoms with Gasteiger partial charge in [0, 0.05) is 24.8 Å². The third-order valence-electron chi connectivity index (χ3n) is 3.83. The standard InChI is InChI=1S/C20H20Cl2N2O4/c1-24(12-18(25)23-20-15(21)5-4-6-16(20)22)19(26)10-8-13-7-9-14(27-2)11-17(13)28-3/h4-11H,12H2,1-3H3,(H,23,25)/b10-8+. The molecule has 2 amide bonds. The molecule has 0 heterocycles. The van der Waals surface area contributed by atoms with E-state index in [0.717, 1.165) is 0 Å². The molecule has 2 aromatic carbocycles. The minimum absolute atomic E-state index is 0.162. The molecule has 2 rings (SSSR count). The Hall–Kier alpha value is -2.70. The molecule has 2 aromatic rings. The highest BCUT2D eigenvalue weighted by Crippen LogP contribution is 2.29. The minimum Gasteiger partial charge on any atom is -0.497 e. The average molecular weight is 423 g/mol. The van der Waals surface area contributed by atoms with Crippen LogP contribution in [0.3, 0.4) is 0 Å². The van der Waals surface area contributed by atoms with Crippen molar-refractivity contribution in [3.8, 4) is 11.5 Å². The zero-order valence-corrected chi connectivity index (χ0v) is 17.2. The summed E-state index contributed by atoms with van der Waals surface area (Å²) in [6.07, 6.45) is 2.97. The molecule has 0 saturated heterocycles. The lowest BCUT2D eigenvalue weighted by Crippen LogP contribution is -2.34. The van der Waals surface area contributed by atoms with E-state index >= 15 is 0 Å². The normalized spacial score (nSPS) is 10.6. The van der Waals surface area contributed by atoms with Gasteiger partial charge in [0.25, 0.3) is 0 Å². The molecule has 0 spiro atoms. The van der Waals surface area contributed by atoms with Gasteiger partial charge in [0.05, 0.1) is 36.5 Å². The lowest BCUT2D eigenvalue weighted by molar-refractivity contribution is -0.129. The molecule has 0 aliphatic rings. The number of ether oxygens (including phenoxy) is 2. The van der Waals surface area contributed by atoms with Gasteiger partial charge in [0.1, 0.15) is 11.5 Å². The van der Waals surface area contributed by atoms with Gasteiger partial charge in [-0.15, -0.1) is 0 Å². The third kappa shape index (κ3) is 5.65. The molecule has 28 heavy (non-hydrogen) atoms. The molecule has 0 aliphatic heterocycles. The zero-order chi connectivity index (χ0) is 20.7. The van der Waals surface area contributed by atoms with Crippen molar-refractivity contribution < 1.29 is 19.1 Å². The van der Waals surface area contributed by atoms with Crippen LogP contribution in [0.2, 0.25) is 10.0 Å². The van der Waals surface area contributed by atoms with Crippen LogP contribution in [0.25, 0.3) is 6.08 Å². The molecule has 6 nitrogen and oxygen atoms in total. The van der Waals surface area contributed by atoms with Gasteiger partial charge in [-0.05, 0) is 30.3 Å². The first-order valence-corrected chi connectivity index (χ1v) is 9.00. The van der Waals surface area contributed by atoms with Gasteiger partial charge in [0.2, 0.25) is 11.8 Å². The van der Waals surface area contributed by atoms with Crippen LogP contribution < -0.4 is 14.8 Å². The van der Waals surface area contributed by atoms with E-state index in [9.17, 15) is 9.59 Å². The lowest BCUT2D eigenvalue weighted by Gasteiger charge is -2.16. The topological polar surface area (TPSA) is 67.9 Å². The molecule has 0 radical (unpaired) electrons. The Balaban J connectivity index is 2.01. The number of nitrogens with one attached hydrogen (secondary N) is 1. The Morgan fingerprint density at radius 2 is 1.79 bits per heavy atom. The van der Waals surface area contributed by atoms with Gasteiger partial charge in [-0.25, -0.2) is 0 Å². The van der Waals surface area contributed by atoms with Crippen molar-refractivity contribution in [1.29, 1.82) is 0 Å². The van der Waals surface area contributed by atoms with Crippen LogP contribution in [-0.4, -0.2) is 44.5 Å². The van der Waals surface area contributed by atoms with E-state index in [2.05, 4.69) is 5.32 Å². The number of amides is 2. The zero-order valence-electron chi connectivity index (χ0n) is 15.7. The van der Waals surface area contributed by atoms with E-state index in [0.29, 0.717) is 32.8 Å². The SMILES string of the molecule is COc1ccc(/C=C/C(=O)N(C)CC(=O)Nc2c(Cl)cccc2Cl)c(OC)c1. The molecular formula is C20H20Cl2N2O4. The molecule has 0 aliphatic carbocycles. The number of hydrogen-bond acceptors (Lipinski definition) is 4. The number of methoxy groups -OCH3 is 2.